The molecule has 5 rings (SSSR count). The molecule has 2 N–H and O–H groups in total. The summed E-state index contributed by atoms with van der Waals surface area (Å²) in [5.74, 6) is 1.67. The maximum atomic E-state index is 13.2. The highest BCUT2D eigenvalue weighted by molar-refractivity contribution is 5.94. The normalized spacial score (nSPS) is 15.6. The van der Waals surface area contributed by atoms with Crippen LogP contribution >= 0.6 is 0 Å². The van der Waals surface area contributed by atoms with E-state index in [0.29, 0.717) is 36.1 Å². The molecule has 8 heteroatoms. The van der Waals surface area contributed by atoms with E-state index in [1.54, 1.807) is 36.9 Å². The summed E-state index contributed by atoms with van der Waals surface area (Å²) < 4.78 is 5.83. The summed E-state index contributed by atoms with van der Waals surface area (Å²) in [5, 5.41) is 0. The zero-order valence-corrected chi connectivity index (χ0v) is 18.5. The van der Waals surface area contributed by atoms with Crippen molar-refractivity contribution in [2.75, 3.05) is 18.8 Å². The lowest BCUT2D eigenvalue weighted by Crippen LogP contribution is -2.39. The molecule has 1 atom stereocenters. The Morgan fingerprint density at radius 3 is 2.62 bits per heavy atom. The summed E-state index contributed by atoms with van der Waals surface area (Å²) in [6.45, 7) is 1.28. The van der Waals surface area contributed by atoms with Crippen molar-refractivity contribution in [3.8, 4) is 22.9 Å². The molecule has 0 radical (unpaired) electrons. The smallest absolute Gasteiger partial charge is 0.255 e. The number of amides is 1. The second-order valence-electron chi connectivity index (χ2n) is 8.19. The molecule has 170 valence electrons. The number of pyridine rings is 2. The zero-order chi connectivity index (χ0) is 23.3. The molecule has 1 aliphatic heterocycles. The van der Waals surface area contributed by atoms with Crippen LogP contribution in [0.2, 0.25) is 0 Å². The van der Waals surface area contributed by atoms with Crippen molar-refractivity contribution >= 4 is 11.7 Å². The minimum atomic E-state index is -0.0381. The van der Waals surface area contributed by atoms with E-state index in [1.807, 2.05) is 47.4 Å². The largest absolute Gasteiger partial charge is 0.437 e. The lowest BCUT2D eigenvalue weighted by molar-refractivity contribution is 0.0705. The number of hydrogen-bond acceptors (Lipinski definition) is 7. The Bertz CT molecular complexity index is 1260. The number of anilines is 1. The average molecular weight is 453 g/mol. The monoisotopic (exact) mass is 452 g/mol. The minimum Gasteiger partial charge on any atom is -0.437 e. The van der Waals surface area contributed by atoms with Gasteiger partial charge in [-0.05, 0) is 49.2 Å². The van der Waals surface area contributed by atoms with Crippen LogP contribution in [0.1, 0.15) is 34.8 Å². The van der Waals surface area contributed by atoms with Gasteiger partial charge in [0, 0.05) is 43.2 Å². The molecule has 1 fully saturated rings. The van der Waals surface area contributed by atoms with E-state index in [4.69, 9.17) is 10.5 Å². The lowest BCUT2D eigenvalue weighted by Gasteiger charge is -2.32. The van der Waals surface area contributed by atoms with Gasteiger partial charge in [0.2, 0.25) is 5.88 Å². The number of nitrogen functional groups attached to an aromatic ring is 1. The van der Waals surface area contributed by atoms with E-state index in [0.717, 1.165) is 29.8 Å². The van der Waals surface area contributed by atoms with Crippen LogP contribution < -0.4 is 10.5 Å². The van der Waals surface area contributed by atoms with Gasteiger partial charge in [-0.3, -0.25) is 14.8 Å². The highest BCUT2D eigenvalue weighted by Gasteiger charge is 2.27. The molecule has 8 nitrogen and oxygen atoms in total. The number of carbonyl (C=O) groups is 1. The standard InChI is InChI=1S/C26H24N6O2/c27-24-11-9-18(13-30-24)22-10-8-19(14-29-22)26(33)32-12-4-5-20(17-32)23-15-28-16-25(31-23)34-21-6-2-1-3-7-21/h1-3,6-11,13-16,20H,4-5,12,17H2,(H2,27,30)/t20-/m1/s1. The second-order valence-corrected chi connectivity index (χ2v) is 8.19. The Labute approximate surface area is 197 Å². The van der Waals surface area contributed by atoms with Gasteiger partial charge in [0.05, 0.1) is 23.1 Å². The number of para-hydroxylation sites is 1. The van der Waals surface area contributed by atoms with Crippen LogP contribution in [0.15, 0.2) is 79.4 Å². The first-order chi connectivity index (χ1) is 16.7. The van der Waals surface area contributed by atoms with Gasteiger partial charge < -0.3 is 15.4 Å². The van der Waals surface area contributed by atoms with Gasteiger partial charge >= 0.3 is 0 Å². The average Bonchev–Trinajstić information content (AvgIpc) is 2.90. The molecule has 0 aliphatic carbocycles. The number of carbonyl (C=O) groups excluding carboxylic acids is 1. The van der Waals surface area contributed by atoms with E-state index < -0.39 is 0 Å². The third-order valence-electron chi connectivity index (χ3n) is 5.82. The molecular weight excluding hydrogens is 428 g/mol. The third-order valence-corrected chi connectivity index (χ3v) is 5.82. The van der Waals surface area contributed by atoms with E-state index in [-0.39, 0.29) is 11.8 Å². The quantitative estimate of drug-likeness (QED) is 0.480. The number of benzene rings is 1. The summed E-state index contributed by atoms with van der Waals surface area (Å²) in [6.07, 6.45) is 8.48. The zero-order valence-electron chi connectivity index (χ0n) is 18.5. The third kappa shape index (κ3) is 4.85. The fourth-order valence-corrected chi connectivity index (χ4v) is 4.05. The highest BCUT2D eigenvalue weighted by Crippen LogP contribution is 2.28. The number of hydrogen-bond donors (Lipinski definition) is 1. The number of ether oxygens (including phenoxy) is 1. The van der Waals surface area contributed by atoms with Crippen molar-refractivity contribution < 1.29 is 9.53 Å². The van der Waals surface area contributed by atoms with Gasteiger partial charge in [-0.2, -0.15) is 0 Å². The van der Waals surface area contributed by atoms with Crippen LogP contribution in [-0.4, -0.2) is 43.8 Å². The van der Waals surface area contributed by atoms with E-state index in [1.165, 1.54) is 0 Å². The number of nitrogens with zero attached hydrogens (tertiary/aromatic N) is 5. The van der Waals surface area contributed by atoms with Gasteiger partial charge in [0.25, 0.3) is 5.91 Å². The summed E-state index contributed by atoms with van der Waals surface area (Å²) in [4.78, 5) is 32.6. The van der Waals surface area contributed by atoms with Gasteiger partial charge in [0.15, 0.2) is 0 Å². The number of likely N-dealkylation sites (tertiary alicyclic amines) is 1. The molecule has 3 aromatic heterocycles. The predicted molar refractivity (Wildman–Crippen MR) is 128 cm³/mol. The molecule has 1 saturated heterocycles. The summed E-state index contributed by atoms with van der Waals surface area (Å²) in [5.41, 5.74) is 8.63. The summed E-state index contributed by atoms with van der Waals surface area (Å²) in [6, 6.07) is 16.7. The van der Waals surface area contributed by atoms with Crippen molar-refractivity contribution in [1.82, 2.24) is 24.8 Å². The van der Waals surface area contributed by atoms with Crippen LogP contribution in [0.25, 0.3) is 11.3 Å². The minimum absolute atomic E-state index is 0.0381. The second kappa shape index (κ2) is 9.66. The summed E-state index contributed by atoms with van der Waals surface area (Å²) >= 11 is 0. The Morgan fingerprint density at radius 1 is 0.971 bits per heavy atom. The number of nitrogens with two attached hydrogens (primary N) is 1. The molecule has 0 spiro atoms. The number of aromatic nitrogens is 4. The molecule has 34 heavy (non-hydrogen) atoms. The first kappa shape index (κ1) is 21.5. The van der Waals surface area contributed by atoms with Crippen LogP contribution in [0.3, 0.4) is 0 Å². The first-order valence-electron chi connectivity index (χ1n) is 11.2. The lowest BCUT2D eigenvalue weighted by atomic mass is 9.94. The van der Waals surface area contributed by atoms with Gasteiger partial charge in [-0.15, -0.1) is 0 Å². The molecule has 4 aromatic rings. The Kier molecular flexibility index (Phi) is 6.11. The summed E-state index contributed by atoms with van der Waals surface area (Å²) in [7, 11) is 0. The highest BCUT2D eigenvalue weighted by atomic mass is 16.5. The predicted octanol–water partition coefficient (Wildman–Crippen LogP) is 4.33. The number of piperidine rings is 1. The molecule has 1 amide bonds. The number of rotatable bonds is 5. The Hall–Kier alpha value is -4.33. The molecule has 0 saturated carbocycles. The molecule has 1 aromatic carbocycles. The van der Waals surface area contributed by atoms with Crippen molar-refractivity contribution in [1.29, 1.82) is 0 Å². The van der Waals surface area contributed by atoms with Crippen molar-refractivity contribution in [2.24, 2.45) is 0 Å². The van der Waals surface area contributed by atoms with Gasteiger partial charge in [-0.1, -0.05) is 18.2 Å². The van der Waals surface area contributed by atoms with Gasteiger partial charge in [0.1, 0.15) is 11.6 Å². The molecule has 0 bridgehead atoms. The maximum Gasteiger partial charge on any atom is 0.255 e. The van der Waals surface area contributed by atoms with Crippen LogP contribution in [0, 0.1) is 0 Å². The van der Waals surface area contributed by atoms with E-state index >= 15 is 0 Å². The van der Waals surface area contributed by atoms with Crippen LogP contribution in [0.5, 0.6) is 11.6 Å². The van der Waals surface area contributed by atoms with Crippen LogP contribution in [-0.2, 0) is 0 Å². The fourth-order valence-electron chi connectivity index (χ4n) is 4.05. The Morgan fingerprint density at radius 2 is 1.85 bits per heavy atom. The van der Waals surface area contributed by atoms with E-state index in [9.17, 15) is 4.79 Å². The van der Waals surface area contributed by atoms with Gasteiger partial charge in [-0.25, -0.2) is 9.97 Å². The maximum absolute atomic E-state index is 13.2. The van der Waals surface area contributed by atoms with E-state index in [2.05, 4.69) is 19.9 Å². The SMILES string of the molecule is Nc1ccc(-c2ccc(C(=O)N3CCC[C@@H](c4cncc(Oc5ccccc5)n4)C3)cn2)cn1. The van der Waals surface area contributed by atoms with Crippen molar-refractivity contribution in [2.45, 2.75) is 18.8 Å². The topological polar surface area (TPSA) is 107 Å². The van der Waals surface area contributed by atoms with Crippen molar-refractivity contribution in [3.63, 3.8) is 0 Å². The molecule has 4 heterocycles. The first-order valence-corrected chi connectivity index (χ1v) is 11.2. The molecule has 1 aliphatic rings. The Balaban J connectivity index is 1.27. The van der Waals surface area contributed by atoms with Crippen LogP contribution in [0.4, 0.5) is 5.82 Å². The fraction of sp³-hybridized carbons (Fsp3) is 0.192. The molecule has 0 unspecified atom stereocenters. The van der Waals surface area contributed by atoms with Crippen molar-refractivity contribution in [3.05, 3.63) is 90.6 Å². The molecular formula is C26H24N6O2.